The SMILES string of the molecule is Cc1ccncc1-c1cc(F)c2c(c1)CCc1nnc(C)n1-2.Cc1nnc2n1-c1c(F)cc(-c3cncc4ccccc34)cc1CC2. The minimum Gasteiger partial charge on any atom is -0.280 e. The molecule has 0 aliphatic carbocycles. The van der Waals surface area contributed by atoms with Crippen molar-refractivity contribution in [3.63, 3.8) is 0 Å². The predicted molar refractivity (Wildman–Crippen MR) is 176 cm³/mol. The molecule has 4 aromatic heterocycles. The van der Waals surface area contributed by atoms with E-state index >= 15 is 4.39 Å². The van der Waals surface area contributed by atoms with E-state index in [1.165, 1.54) is 0 Å². The molecular weight excluding hydrogens is 594 g/mol. The Labute approximate surface area is 269 Å². The molecule has 0 atom stereocenters. The number of aryl methyl sites for hydroxylation is 7. The van der Waals surface area contributed by atoms with Crippen LogP contribution in [-0.4, -0.2) is 39.5 Å². The lowest BCUT2D eigenvalue weighted by Gasteiger charge is -2.21. The number of benzene rings is 3. The van der Waals surface area contributed by atoms with Gasteiger partial charge in [-0.2, -0.15) is 0 Å². The van der Waals surface area contributed by atoms with Gasteiger partial charge >= 0.3 is 0 Å². The highest BCUT2D eigenvalue weighted by atomic mass is 19.1. The zero-order valence-corrected chi connectivity index (χ0v) is 26.2. The average Bonchev–Trinajstić information content (AvgIpc) is 3.66. The van der Waals surface area contributed by atoms with E-state index in [-0.39, 0.29) is 11.6 Å². The molecule has 0 amide bonds. The number of hydrogen-bond acceptors (Lipinski definition) is 6. The summed E-state index contributed by atoms with van der Waals surface area (Å²) in [5.74, 6) is 2.61. The number of aromatic nitrogens is 8. The standard InChI is InChI=1S/C20H15FN4.C17H15FN4/c1-12-23-24-19-7-6-13-8-15(9-18(21)20(13)25(12)19)17-11-22-10-14-4-2-3-5-16(14)17;1-10-5-6-19-9-14(10)13-7-12-3-4-16-21-20-11(2)22(16)17(12)15(18)8-13/h2-5,8-11H,6-7H2,1H3;5-9H,3-4H2,1-2H3. The zero-order valence-electron chi connectivity index (χ0n) is 26.2. The summed E-state index contributed by atoms with van der Waals surface area (Å²) in [6.07, 6.45) is 10.3. The van der Waals surface area contributed by atoms with Crippen molar-refractivity contribution in [3.05, 3.63) is 131 Å². The highest BCUT2D eigenvalue weighted by Gasteiger charge is 2.25. The van der Waals surface area contributed by atoms with E-state index in [2.05, 4.69) is 42.5 Å². The van der Waals surface area contributed by atoms with Gasteiger partial charge in [0.15, 0.2) is 0 Å². The second-order valence-electron chi connectivity index (χ2n) is 12.0. The van der Waals surface area contributed by atoms with E-state index in [4.69, 9.17) is 0 Å². The van der Waals surface area contributed by atoms with Crippen molar-refractivity contribution in [2.24, 2.45) is 0 Å². The molecule has 7 aromatic rings. The topological polar surface area (TPSA) is 87.2 Å². The average molecular weight is 625 g/mol. The molecule has 0 saturated carbocycles. The van der Waals surface area contributed by atoms with Gasteiger partial charge < -0.3 is 0 Å². The molecule has 0 unspecified atom stereocenters. The fourth-order valence-electron chi connectivity index (χ4n) is 6.83. The molecule has 0 bridgehead atoms. The fourth-order valence-corrected chi connectivity index (χ4v) is 6.83. The van der Waals surface area contributed by atoms with Crippen molar-refractivity contribution >= 4 is 10.8 Å². The van der Waals surface area contributed by atoms with Crippen LogP contribution in [0.2, 0.25) is 0 Å². The van der Waals surface area contributed by atoms with Crippen LogP contribution < -0.4 is 0 Å². The molecule has 3 aromatic carbocycles. The summed E-state index contributed by atoms with van der Waals surface area (Å²) >= 11 is 0. The molecular formula is C37H30F2N8. The third kappa shape index (κ3) is 4.88. The maximum Gasteiger partial charge on any atom is 0.148 e. The Morgan fingerprint density at radius 1 is 0.596 bits per heavy atom. The number of halogens is 2. The van der Waals surface area contributed by atoms with Crippen LogP contribution in [0.1, 0.15) is 40.0 Å². The van der Waals surface area contributed by atoms with Gasteiger partial charge in [0.2, 0.25) is 0 Å². The van der Waals surface area contributed by atoms with E-state index in [1.807, 2.05) is 72.6 Å². The molecule has 2 aliphatic rings. The quantitative estimate of drug-likeness (QED) is 0.202. The summed E-state index contributed by atoms with van der Waals surface area (Å²) in [6.45, 7) is 5.72. The van der Waals surface area contributed by atoms with Crippen LogP contribution in [0.15, 0.2) is 79.4 Å². The second-order valence-corrected chi connectivity index (χ2v) is 12.0. The fraction of sp³-hybridized carbons (Fsp3) is 0.189. The summed E-state index contributed by atoms with van der Waals surface area (Å²) in [5, 5.41) is 18.6. The van der Waals surface area contributed by atoms with Crippen LogP contribution in [-0.2, 0) is 25.7 Å². The minimum atomic E-state index is -0.246. The van der Waals surface area contributed by atoms with Gasteiger partial charge in [0.25, 0.3) is 0 Å². The van der Waals surface area contributed by atoms with Gasteiger partial charge in [-0.1, -0.05) is 24.3 Å². The van der Waals surface area contributed by atoms with Crippen LogP contribution in [0.4, 0.5) is 8.78 Å². The molecule has 9 rings (SSSR count). The first-order valence-electron chi connectivity index (χ1n) is 15.6. The van der Waals surface area contributed by atoms with Gasteiger partial charge in [-0.05, 0) is 97.1 Å². The summed E-state index contributed by atoms with van der Waals surface area (Å²) in [4.78, 5) is 8.48. The lowest BCUT2D eigenvalue weighted by Crippen LogP contribution is -2.15. The van der Waals surface area contributed by atoms with E-state index in [1.54, 1.807) is 24.5 Å². The molecule has 10 heteroatoms. The number of rotatable bonds is 2. The summed E-state index contributed by atoms with van der Waals surface area (Å²) in [6, 6.07) is 17.3. The molecule has 47 heavy (non-hydrogen) atoms. The first kappa shape index (κ1) is 28.8. The van der Waals surface area contributed by atoms with Gasteiger partial charge in [0, 0.05) is 54.1 Å². The van der Waals surface area contributed by atoms with Gasteiger partial charge in [-0.15, -0.1) is 20.4 Å². The van der Waals surface area contributed by atoms with E-state index in [0.29, 0.717) is 11.4 Å². The molecule has 8 nitrogen and oxygen atoms in total. The molecule has 6 heterocycles. The van der Waals surface area contributed by atoms with Crippen LogP contribution in [0.25, 0.3) is 44.4 Å². The number of hydrogen-bond donors (Lipinski definition) is 0. The Morgan fingerprint density at radius 2 is 1.17 bits per heavy atom. The van der Waals surface area contributed by atoms with E-state index in [9.17, 15) is 4.39 Å². The molecule has 0 spiro atoms. The van der Waals surface area contributed by atoms with Gasteiger partial charge in [0.05, 0.1) is 11.4 Å². The van der Waals surface area contributed by atoms with Crippen LogP contribution in [0.3, 0.4) is 0 Å². The molecule has 0 saturated heterocycles. The van der Waals surface area contributed by atoms with Crippen molar-refractivity contribution in [1.29, 1.82) is 0 Å². The third-order valence-corrected chi connectivity index (χ3v) is 9.08. The lowest BCUT2D eigenvalue weighted by molar-refractivity contribution is 0.602. The lowest BCUT2D eigenvalue weighted by atomic mass is 9.95. The number of fused-ring (bicyclic) bond motifs is 7. The Hall–Kier alpha value is -5.64. The van der Waals surface area contributed by atoms with Crippen LogP contribution >= 0.6 is 0 Å². The maximum atomic E-state index is 15.1. The van der Waals surface area contributed by atoms with Crippen molar-refractivity contribution in [3.8, 4) is 33.6 Å². The normalized spacial score (nSPS) is 12.9. The monoisotopic (exact) mass is 624 g/mol. The summed E-state index contributed by atoms with van der Waals surface area (Å²) < 4.78 is 33.5. The molecule has 232 valence electrons. The Morgan fingerprint density at radius 3 is 1.79 bits per heavy atom. The Balaban J connectivity index is 0.000000139. The smallest absolute Gasteiger partial charge is 0.148 e. The zero-order chi connectivity index (χ0) is 32.2. The summed E-state index contributed by atoms with van der Waals surface area (Å²) in [5.41, 5.74) is 7.89. The second kappa shape index (κ2) is 11.3. The summed E-state index contributed by atoms with van der Waals surface area (Å²) in [7, 11) is 0. The predicted octanol–water partition coefficient (Wildman–Crippen LogP) is 7.21. The largest absolute Gasteiger partial charge is 0.280 e. The van der Waals surface area contributed by atoms with Crippen molar-refractivity contribution in [2.45, 2.75) is 46.5 Å². The van der Waals surface area contributed by atoms with Gasteiger partial charge in [-0.25, -0.2) is 8.78 Å². The molecule has 0 N–H and O–H groups in total. The van der Waals surface area contributed by atoms with E-state index in [0.717, 1.165) is 98.7 Å². The maximum absolute atomic E-state index is 15.1. The third-order valence-electron chi connectivity index (χ3n) is 9.08. The van der Waals surface area contributed by atoms with Gasteiger partial charge in [-0.3, -0.25) is 19.1 Å². The van der Waals surface area contributed by atoms with E-state index < -0.39 is 0 Å². The van der Waals surface area contributed by atoms with Crippen LogP contribution in [0.5, 0.6) is 0 Å². The molecule has 2 aliphatic heterocycles. The van der Waals surface area contributed by atoms with Crippen molar-refractivity contribution in [1.82, 2.24) is 39.5 Å². The number of pyridine rings is 2. The highest BCUT2D eigenvalue weighted by molar-refractivity contribution is 5.96. The minimum absolute atomic E-state index is 0.236. The van der Waals surface area contributed by atoms with Gasteiger partial charge in [0.1, 0.15) is 34.9 Å². The molecule has 0 radical (unpaired) electrons. The van der Waals surface area contributed by atoms with Crippen LogP contribution in [0, 0.1) is 32.4 Å². The molecule has 0 fully saturated rings. The number of nitrogens with zero attached hydrogens (tertiary/aromatic N) is 8. The first-order chi connectivity index (χ1) is 22.9. The van der Waals surface area contributed by atoms with Crippen molar-refractivity contribution in [2.75, 3.05) is 0 Å². The first-order valence-corrected chi connectivity index (χ1v) is 15.6. The highest BCUT2D eigenvalue weighted by Crippen LogP contribution is 2.35. The Bertz CT molecular complexity index is 2330. The Kier molecular flexibility index (Phi) is 6.93. The van der Waals surface area contributed by atoms with Crippen molar-refractivity contribution < 1.29 is 8.78 Å².